The van der Waals surface area contributed by atoms with Crippen molar-refractivity contribution < 1.29 is 0 Å². The molecule has 0 heterocycles. The number of hydrazine groups is 1. The van der Waals surface area contributed by atoms with Gasteiger partial charge in [0, 0.05) is 19.6 Å². The number of hydrogen-bond donors (Lipinski definition) is 3. The van der Waals surface area contributed by atoms with Crippen LogP contribution in [0.5, 0.6) is 0 Å². The summed E-state index contributed by atoms with van der Waals surface area (Å²) >= 11 is 0. The average molecular weight is 217 g/mol. The van der Waals surface area contributed by atoms with Crippen molar-refractivity contribution >= 4 is 0 Å². The van der Waals surface area contributed by atoms with Gasteiger partial charge in [0.15, 0.2) is 0 Å². The van der Waals surface area contributed by atoms with Crippen LogP contribution in [0.25, 0.3) is 0 Å². The van der Waals surface area contributed by atoms with Crippen molar-refractivity contribution in [2.24, 2.45) is 17.3 Å². The Balaban J connectivity index is 3.67. The number of rotatable bonds is 10. The molecule has 92 valence electrons. The van der Waals surface area contributed by atoms with Gasteiger partial charge in [-0.2, -0.15) is 0 Å². The average Bonchev–Trinajstić information content (AvgIpc) is 2.27. The molecule has 0 unspecified atom stereocenters. The van der Waals surface area contributed by atoms with Gasteiger partial charge in [-0.15, -0.1) is 0 Å². The highest BCUT2D eigenvalue weighted by atomic mass is 15.4. The van der Waals surface area contributed by atoms with Crippen molar-refractivity contribution in [1.82, 2.24) is 9.91 Å². The van der Waals surface area contributed by atoms with Gasteiger partial charge in [-0.25, -0.2) is 5.01 Å². The maximum Gasteiger partial charge on any atom is 0.0256 e. The number of hydrogen-bond acceptors (Lipinski definition) is 5. The first-order chi connectivity index (χ1) is 7.24. The summed E-state index contributed by atoms with van der Waals surface area (Å²) in [6, 6.07) is 0. The Morgan fingerprint density at radius 1 is 0.867 bits per heavy atom. The number of nitrogens with zero attached hydrogens (tertiary/aromatic N) is 2. The Labute approximate surface area is 93.5 Å². The Bertz CT molecular complexity index is 123. The fraction of sp³-hybridized carbons (Fsp3) is 1.00. The van der Waals surface area contributed by atoms with E-state index in [0.717, 1.165) is 58.7 Å². The third-order valence-electron chi connectivity index (χ3n) is 2.47. The maximum atomic E-state index is 5.74. The highest BCUT2D eigenvalue weighted by Crippen LogP contribution is 1.93. The van der Waals surface area contributed by atoms with E-state index in [4.69, 9.17) is 17.3 Å². The monoisotopic (exact) mass is 217 g/mol. The van der Waals surface area contributed by atoms with Crippen LogP contribution >= 0.6 is 0 Å². The smallest absolute Gasteiger partial charge is 0.0256 e. The molecule has 0 fully saturated rings. The van der Waals surface area contributed by atoms with Gasteiger partial charge in [0.1, 0.15) is 0 Å². The van der Waals surface area contributed by atoms with Crippen molar-refractivity contribution in [3.63, 3.8) is 0 Å². The van der Waals surface area contributed by atoms with Crippen LogP contribution in [-0.4, -0.2) is 55.7 Å². The molecule has 0 rings (SSSR count). The predicted molar refractivity (Wildman–Crippen MR) is 65.2 cm³/mol. The van der Waals surface area contributed by atoms with Crippen LogP contribution < -0.4 is 17.3 Å². The largest absolute Gasteiger partial charge is 0.330 e. The SMILES string of the molecule is CCN(N)CCN(CCCN)CCCN. The van der Waals surface area contributed by atoms with Crippen LogP contribution in [0.3, 0.4) is 0 Å². The summed E-state index contributed by atoms with van der Waals surface area (Å²) in [6.07, 6.45) is 2.09. The van der Waals surface area contributed by atoms with E-state index in [1.807, 2.05) is 5.01 Å². The summed E-state index contributed by atoms with van der Waals surface area (Å²) in [5, 5.41) is 1.83. The molecule has 0 atom stereocenters. The van der Waals surface area contributed by atoms with Crippen molar-refractivity contribution in [2.45, 2.75) is 19.8 Å². The van der Waals surface area contributed by atoms with Crippen molar-refractivity contribution in [3.05, 3.63) is 0 Å². The molecule has 0 saturated heterocycles. The van der Waals surface area contributed by atoms with Gasteiger partial charge in [-0.1, -0.05) is 6.92 Å². The first-order valence-electron chi connectivity index (χ1n) is 5.86. The summed E-state index contributed by atoms with van der Waals surface area (Å²) in [5.74, 6) is 5.74. The minimum absolute atomic E-state index is 0.749. The Hall–Kier alpha value is -0.200. The van der Waals surface area contributed by atoms with Crippen LogP contribution in [0.2, 0.25) is 0 Å². The fourth-order valence-electron chi connectivity index (χ4n) is 1.39. The van der Waals surface area contributed by atoms with Gasteiger partial charge in [0.2, 0.25) is 0 Å². The molecule has 0 amide bonds. The molecule has 0 aliphatic rings. The Kier molecular flexibility index (Phi) is 10.2. The zero-order chi connectivity index (χ0) is 11.5. The maximum absolute atomic E-state index is 5.74. The highest BCUT2D eigenvalue weighted by Gasteiger charge is 2.04. The molecule has 5 heteroatoms. The van der Waals surface area contributed by atoms with Crippen LogP contribution in [0.4, 0.5) is 0 Å². The fourth-order valence-corrected chi connectivity index (χ4v) is 1.39. The van der Waals surface area contributed by atoms with E-state index in [1.54, 1.807) is 0 Å². The summed E-state index contributed by atoms with van der Waals surface area (Å²) in [7, 11) is 0. The Morgan fingerprint density at radius 3 is 1.80 bits per heavy atom. The highest BCUT2D eigenvalue weighted by molar-refractivity contribution is 4.61. The normalized spacial score (nSPS) is 11.6. The molecular formula is C10H27N5. The molecule has 0 aromatic carbocycles. The van der Waals surface area contributed by atoms with Crippen molar-refractivity contribution in [1.29, 1.82) is 0 Å². The molecular weight excluding hydrogens is 190 g/mol. The second-order valence-corrected chi connectivity index (χ2v) is 3.75. The molecule has 15 heavy (non-hydrogen) atoms. The second kappa shape index (κ2) is 10.3. The standard InChI is InChI=1S/C10H27N5/c1-2-15(13)10-9-14(7-3-5-11)8-4-6-12/h2-13H2,1H3. The third kappa shape index (κ3) is 8.77. The topological polar surface area (TPSA) is 84.5 Å². The minimum atomic E-state index is 0.749. The third-order valence-corrected chi connectivity index (χ3v) is 2.47. The van der Waals surface area contributed by atoms with E-state index < -0.39 is 0 Å². The zero-order valence-corrected chi connectivity index (χ0v) is 9.99. The van der Waals surface area contributed by atoms with Gasteiger partial charge in [-0.05, 0) is 39.0 Å². The van der Waals surface area contributed by atoms with E-state index in [2.05, 4.69) is 11.8 Å². The van der Waals surface area contributed by atoms with Crippen LogP contribution in [0, 0.1) is 0 Å². The molecule has 0 aliphatic heterocycles. The Morgan fingerprint density at radius 2 is 1.40 bits per heavy atom. The van der Waals surface area contributed by atoms with Crippen LogP contribution in [0.1, 0.15) is 19.8 Å². The molecule has 5 nitrogen and oxygen atoms in total. The predicted octanol–water partition coefficient (Wildman–Crippen LogP) is -0.818. The van der Waals surface area contributed by atoms with Gasteiger partial charge >= 0.3 is 0 Å². The molecule has 6 N–H and O–H groups in total. The van der Waals surface area contributed by atoms with Gasteiger partial charge in [0.25, 0.3) is 0 Å². The van der Waals surface area contributed by atoms with E-state index in [9.17, 15) is 0 Å². The first kappa shape index (κ1) is 14.8. The second-order valence-electron chi connectivity index (χ2n) is 3.75. The van der Waals surface area contributed by atoms with Gasteiger partial charge in [-0.3, -0.25) is 5.84 Å². The lowest BCUT2D eigenvalue weighted by Gasteiger charge is -2.24. The number of nitrogens with two attached hydrogens (primary N) is 3. The summed E-state index contributed by atoms with van der Waals surface area (Å²) < 4.78 is 0. The molecule has 0 saturated carbocycles. The summed E-state index contributed by atoms with van der Waals surface area (Å²) in [6.45, 7) is 8.46. The zero-order valence-electron chi connectivity index (χ0n) is 9.99. The molecule has 0 aromatic rings. The minimum Gasteiger partial charge on any atom is -0.330 e. The molecule has 0 spiro atoms. The van der Waals surface area contributed by atoms with E-state index in [1.165, 1.54) is 0 Å². The van der Waals surface area contributed by atoms with Crippen LogP contribution in [-0.2, 0) is 0 Å². The lowest BCUT2D eigenvalue weighted by Crippen LogP contribution is -2.40. The van der Waals surface area contributed by atoms with Crippen molar-refractivity contribution in [2.75, 3.05) is 45.8 Å². The van der Waals surface area contributed by atoms with E-state index in [0.29, 0.717) is 0 Å². The molecule has 0 radical (unpaired) electrons. The lowest BCUT2D eigenvalue weighted by molar-refractivity contribution is 0.209. The molecule has 0 aromatic heterocycles. The quantitative estimate of drug-likeness (QED) is 0.329. The van der Waals surface area contributed by atoms with Gasteiger partial charge < -0.3 is 16.4 Å². The number of likely N-dealkylation sites (N-methyl/N-ethyl adjacent to an activating group) is 1. The van der Waals surface area contributed by atoms with Crippen molar-refractivity contribution in [3.8, 4) is 0 Å². The molecule has 0 aliphatic carbocycles. The van der Waals surface area contributed by atoms with Gasteiger partial charge in [0.05, 0.1) is 0 Å². The summed E-state index contributed by atoms with van der Waals surface area (Å²) in [4.78, 5) is 2.38. The molecule has 0 bridgehead atoms. The lowest BCUT2D eigenvalue weighted by atomic mass is 10.3. The van der Waals surface area contributed by atoms with Crippen LogP contribution in [0.15, 0.2) is 0 Å². The van der Waals surface area contributed by atoms with E-state index >= 15 is 0 Å². The first-order valence-corrected chi connectivity index (χ1v) is 5.86. The van der Waals surface area contributed by atoms with E-state index in [-0.39, 0.29) is 0 Å². The summed E-state index contributed by atoms with van der Waals surface area (Å²) in [5.41, 5.74) is 11.0.